The van der Waals surface area contributed by atoms with E-state index in [-0.39, 0.29) is 43.1 Å². The predicted molar refractivity (Wildman–Crippen MR) is 122 cm³/mol. The SMILES string of the molecule is Nc1c(OCC(O)CNC(Cc2ccccc2)c2ccc3c(c2)OCO3)cccc1[N+](=O)[O-]. The van der Waals surface area contributed by atoms with Gasteiger partial charge in [0.15, 0.2) is 17.2 Å². The fourth-order valence-corrected chi connectivity index (χ4v) is 3.63. The monoisotopic (exact) mass is 451 g/mol. The number of nitro benzene ring substituents is 1. The molecular formula is C24H25N3O6. The summed E-state index contributed by atoms with van der Waals surface area (Å²) in [5.74, 6) is 1.57. The molecule has 0 aromatic heterocycles. The number of aliphatic hydroxyl groups is 1. The third kappa shape index (κ3) is 5.51. The van der Waals surface area contributed by atoms with Crippen LogP contribution >= 0.6 is 0 Å². The average Bonchev–Trinajstić information content (AvgIpc) is 3.29. The zero-order valence-corrected chi connectivity index (χ0v) is 17.8. The van der Waals surface area contributed by atoms with Crippen molar-refractivity contribution in [3.05, 3.63) is 88.0 Å². The van der Waals surface area contributed by atoms with Crippen LogP contribution in [0.5, 0.6) is 17.2 Å². The number of rotatable bonds is 10. The molecule has 1 heterocycles. The molecule has 0 spiro atoms. The van der Waals surface area contributed by atoms with E-state index in [0.717, 1.165) is 11.1 Å². The molecule has 0 radical (unpaired) electrons. The molecule has 3 aromatic rings. The van der Waals surface area contributed by atoms with Crippen molar-refractivity contribution in [2.24, 2.45) is 0 Å². The summed E-state index contributed by atoms with van der Waals surface area (Å²) < 4.78 is 16.5. The van der Waals surface area contributed by atoms with Gasteiger partial charge in [0, 0.05) is 18.7 Å². The van der Waals surface area contributed by atoms with Gasteiger partial charge in [0.1, 0.15) is 18.5 Å². The Morgan fingerprint density at radius 3 is 2.67 bits per heavy atom. The smallest absolute Gasteiger partial charge is 0.295 e. The Kier molecular flexibility index (Phi) is 6.92. The maximum Gasteiger partial charge on any atom is 0.295 e. The second kappa shape index (κ2) is 10.2. The molecule has 2 atom stereocenters. The summed E-state index contributed by atoms with van der Waals surface area (Å²) in [5, 5.41) is 24.9. The van der Waals surface area contributed by atoms with E-state index in [1.807, 2.05) is 48.5 Å². The quantitative estimate of drug-likeness (QED) is 0.243. The van der Waals surface area contributed by atoms with Gasteiger partial charge < -0.3 is 30.4 Å². The number of para-hydroxylation sites is 1. The number of anilines is 1. The van der Waals surface area contributed by atoms with Crippen LogP contribution in [-0.4, -0.2) is 36.1 Å². The normalized spacial score (nSPS) is 14.0. The van der Waals surface area contributed by atoms with Gasteiger partial charge in [-0.3, -0.25) is 10.1 Å². The molecule has 0 saturated carbocycles. The second-order valence-electron chi connectivity index (χ2n) is 7.67. The Balaban J connectivity index is 1.41. The van der Waals surface area contributed by atoms with E-state index in [2.05, 4.69) is 5.32 Å². The van der Waals surface area contributed by atoms with Gasteiger partial charge in [-0.05, 0) is 35.7 Å². The van der Waals surface area contributed by atoms with Crippen LogP contribution in [0, 0.1) is 10.1 Å². The van der Waals surface area contributed by atoms with E-state index < -0.39 is 11.0 Å². The predicted octanol–water partition coefficient (Wildman–Crippen LogP) is 3.22. The minimum Gasteiger partial charge on any atom is -0.488 e. The minimum atomic E-state index is -0.865. The molecule has 9 nitrogen and oxygen atoms in total. The van der Waals surface area contributed by atoms with E-state index in [1.54, 1.807) is 0 Å². The maximum absolute atomic E-state index is 11.0. The van der Waals surface area contributed by atoms with Gasteiger partial charge in [-0.15, -0.1) is 0 Å². The molecule has 1 aliphatic rings. The average molecular weight is 451 g/mol. The molecule has 0 amide bonds. The zero-order chi connectivity index (χ0) is 23.2. The highest BCUT2D eigenvalue weighted by Gasteiger charge is 2.20. The van der Waals surface area contributed by atoms with Gasteiger partial charge in [0.2, 0.25) is 6.79 Å². The first kappa shape index (κ1) is 22.4. The molecule has 0 aliphatic carbocycles. The topological polar surface area (TPSA) is 129 Å². The Labute approximate surface area is 190 Å². The summed E-state index contributed by atoms with van der Waals surface area (Å²) >= 11 is 0. The van der Waals surface area contributed by atoms with Crippen LogP contribution in [0.1, 0.15) is 17.2 Å². The Hall–Kier alpha value is -3.82. The number of nitrogens with two attached hydrogens (primary N) is 1. The van der Waals surface area contributed by atoms with Crippen molar-refractivity contribution in [2.45, 2.75) is 18.6 Å². The van der Waals surface area contributed by atoms with Crippen molar-refractivity contribution in [2.75, 3.05) is 25.7 Å². The standard InChI is InChI=1S/C24H25N3O6/c25-24-20(27(29)30)7-4-8-22(24)31-14-18(28)13-26-19(11-16-5-2-1-3-6-16)17-9-10-21-23(12-17)33-15-32-21/h1-10,12,18-19,26,28H,11,13-15,25H2. The third-order valence-electron chi connectivity index (χ3n) is 5.35. The number of ether oxygens (including phenoxy) is 3. The second-order valence-corrected chi connectivity index (χ2v) is 7.67. The molecule has 3 aromatic carbocycles. The number of nitrogen functional groups attached to an aromatic ring is 1. The fourth-order valence-electron chi connectivity index (χ4n) is 3.63. The van der Waals surface area contributed by atoms with Crippen LogP contribution < -0.4 is 25.3 Å². The number of benzene rings is 3. The molecular weight excluding hydrogens is 426 g/mol. The number of hydrogen-bond donors (Lipinski definition) is 3. The van der Waals surface area contributed by atoms with Crippen molar-refractivity contribution in [3.63, 3.8) is 0 Å². The van der Waals surface area contributed by atoms with Gasteiger partial charge >= 0.3 is 0 Å². The fraction of sp³-hybridized carbons (Fsp3) is 0.250. The van der Waals surface area contributed by atoms with E-state index in [9.17, 15) is 15.2 Å². The van der Waals surface area contributed by atoms with Gasteiger partial charge in [-0.1, -0.05) is 42.5 Å². The number of nitrogens with zero attached hydrogens (tertiary/aromatic N) is 1. The van der Waals surface area contributed by atoms with Crippen LogP contribution in [-0.2, 0) is 6.42 Å². The molecule has 1 aliphatic heterocycles. The summed E-state index contributed by atoms with van der Waals surface area (Å²) in [6, 6.07) is 20.1. The van der Waals surface area contributed by atoms with Gasteiger partial charge in [0.05, 0.1) is 4.92 Å². The van der Waals surface area contributed by atoms with Crippen molar-refractivity contribution in [1.29, 1.82) is 0 Å². The Morgan fingerprint density at radius 2 is 1.88 bits per heavy atom. The van der Waals surface area contributed by atoms with Crippen molar-refractivity contribution < 1.29 is 24.2 Å². The first-order chi connectivity index (χ1) is 16.0. The highest BCUT2D eigenvalue weighted by molar-refractivity contribution is 5.66. The van der Waals surface area contributed by atoms with Crippen molar-refractivity contribution in [3.8, 4) is 17.2 Å². The largest absolute Gasteiger partial charge is 0.488 e. The summed E-state index contributed by atoms with van der Waals surface area (Å²) in [4.78, 5) is 10.5. The number of nitro groups is 1. The Morgan fingerprint density at radius 1 is 1.09 bits per heavy atom. The van der Waals surface area contributed by atoms with Crippen LogP contribution in [0.15, 0.2) is 66.7 Å². The highest BCUT2D eigenvalue weighted by atomic mass is 16.7. The molecule has 4 N–H and O–H groups in total. The summed E-state index contributed by atoms with van der Waals surface area (Å²) in [6.45, 7) is 0.366. The summed E-state index contributed by atoms with van der Waals surface area (Å²) in [6.07, 6.45) is -0.165. The number of fused-ring (bicyclic) bond motifs is 1. The number of hydrogen-bond acceptors (Lipinski definition) is 8. The van der Waals surface area contributed by atoms with Crippen LogP contribution in [0.4, 0.5) is 11.4 Å². The van der Waals surface area contributed by atoms with E-state index in [4.69, 9.17) is 19.9 Å². The third-order valence-corrected chi connectivity index (χ3v) is 5.35. The molecule has 4 rings (SSSR count). The minimum absolute atomic E-state index is 0.0648. The lowest BCUT2D eigenvalue weighted by atomic mass is 9.98. The zero-order valence-electron chi connectivity index (χ0n) is 17.8. The number of aliphatic hydroxyl groups excluding tert-OH is 1. The van der Waals surface area contributed by atoms with Crippen LogP contribution in [0.3, 0.4) is 0 Å². The van der Waals surface area contributed by atoms with Crippen LogP contribution in [0.2, 0.25) is 0 Å². The lowest BCUT2D eigenvalue weighted by Crippen LogP contribution is -2.34. The van der Waals surface area contributed by atoms with E-state index in [0.29, 0.717) is 17.9 Å². The number of nitrogens with one attached hydrogen (secondary N) is 1. The lowest BCUT2D eigenvalue weighted by Gasteiger charge is -2.22. The molecule has 0 fully saturated rings. The van der Waals surface area contributed by atoms with Crippen molar-refractivity contribution in [1.82, 2.24) is 5.32 Å². The molecule has 2 unspecified atom stereocenters. The van der Waals surface area contributed by atoms with Crippen LogP contribution in [0.25, 0.3) is 0 Å². The summed E-state index contributed by atoms with van der Waals surface area (Å²) in [7, 11) is 0. The van der Waals surface area contributed by atoms with E-state index >= 15 is 0 Å². The van der Waals surface area contributed by atoms with Crippen molar-refractivity contribution >= 4 is 11.4 Å². The maximum atomic E-state index is 11.0. The molecule has 0 bridgehead atoms. The van der Waals surface area contributed by atoms with Gasteiger partial charge in [0.25, 0.3) is 5.69 Å². The summed E-state index contributed by atoms with van der Waals surface area (Å²) in [5.41, 5.74) is 7.66. The molecule has 0 saturated heterocycles. The first-order valence-electron chi connectivity index (χ1n) is 10.5. The first-order valence-corrected chi connectivity index (χ1v) is 10.5. The van der Waals surface area contributed by atoms with E-state index in [1.165, 1.54) is 18.2 Å². The van der Waals surface area contributed by atoms with Gasteiger partial charge in [-0.25, -0.2) is 0 Å². The highest BCUT2D eigenvalue weighted by Crippen LogP contribution is 2.35. The molecule has 172 valence electrons. The molecule has 9 heteroatoms. The molecule has 33 heavy (non-hydrogen) atoms. The Bertz CT molecular complexity index is 1110. The van der Waals surface area contributed by atoms with Gasteiger partial charge in [-0.2, -0.15) is 0 Å². The lowest BCUT2D eigenvalue weighted by molar-refractivity contribution is -0.384.